The Labute approximate surface area is 167 Å². The van der Waals surface area contributed by atoms with Crippen molar-refractivity contribution in [1.29, 1.82) is 0 Å². The topological polar surface area (TPSA) is 102 Å². The molecule has 0 saturated carbocycles. The van der Waals surface area contributed by atoms with Gasteiger partial charge in [-0.1, -0.05) is 29.8 Å². The van der Waals surface area contributed by atoms with Gasteiger partial charge in [-0.05, 0) is 30.3 Å². The van der Waals surface area contributed by atoms with Crippen molar-refractivity contribution in [2.24, 2.45) is 10.8 Å². The number of halogens is 1. The number of hydrazone groups is 1. The number of benzene rings is 2. The summed E-state index contributed by atoms with van der Waals surface area (Å²) >= 11 is 5.83. The van der Waals surface area contributed by atoms with Gasteiger partial charge in [0.1, 0.15) is 0 Å². The van der Waals surface area contributed by atoms with Crippen LogP contribution in [0, 0.1) is 0 Å². The first-order chi connectivity index (χ1) is 13.5. The Kier molecular flexibility index (Phi) is 6.29. The van der Waals surface area contributed by atoms with Crippen LogP contribution in [0.2, 0.25) is 5.02 Å². The number of nitrogens with two attached hydrogens (primary N) is 1. The van der Waals surface area contributed by atoms with E-state index in [1.165, 1.54) is 0 Å². The molecule has 0 bridgehead atoms. The first-order valence-corrected chi connectivity index (χ1v) is 9.08. The van der Waals surface area contributed by atoms with E-state index in [1.807, 2.05) is 35.0 Å². The Bertz CT molecular complexity index is 1010. The van der Waals surface area contributed by atoms with Crippen LogP contribution in [0.4, 0.5) is 5.69 Å². The maximum Gasteiger partial charge on any atom is 0.259 e. The molecule has 2 amide bonds. The molecule has 1 heterocycles. The normalized spacial score (nSPS) is 11.0. The van der Waals surface area contributed by atoms with Crippen molar-refractivity contribution in [2.75, 3.05) is 11.9 Å². The third-order valence-corrected chi connectivity index (χ3v) is 4.36. The summed E-state index contributed by atoms with van der Waals surface area (Å²) in [4.78, 5) is 23.0. The molecule has 0 aliphatic rings. The number of anilines is 1. The molecule has 0 aliphatic carbocycles. The van der Waals surface area contributed by atoms with E-state index < -0.39 is 0 Å². The van der Waals surface area contributed by atoms with E-state index in [1.54, 1.807) is 30.5 Å². The predicted molar refractivity (Wildman–Crippen MR) is 111 cm³/mol. The molecule has 0 saturated heterocycles. The second-order valence-corrected chi connectivity index (χ2v) is 6.60. The van der Waals surface area contributed by atoms with Crippen molar-refractivity contribution >= 4 is 46.2 Å². The molecular weight excluding hydrogens is 378 g/mol. The smallest absolute Gasteiger partial charge is 0.259 e. The molecule has 28 heavy (non-hydrogen) atoms. The van der Waals surface area contributed by atoms with Gasteiger partial charge in [0.05, 0.1) is 12.8 Å². The van der Waals surface area contributed by atoms with Crippen LogP contribution in [0.15, 0.2) is 59.8 Å². The van der Waals surface area contributed by atoms with E-state index in [0.29, 0.717) is 11.6 Å². The highest BCUT2D eigenvalue weighted by Crippen LogP contribution is 2.20. The quantitative estimate of drug-likeness (QED) is 0.402. The van der Waals surface area contributed by atoms with Gasteiger partial charge in [0.25, 0.3) is 5.91 Å². The highest BCUT2D eigenvalue weighted by atomic mass is 35.5. The number of nitrogens with zero attached hydrogens (tertiary/aromatic N) is 2. The maximum atomic E-state index is 11.9. The average molecular weight is 398 g/mol. The van der Waals surface area contributed by atoms with E-state index in [2.05, 4.69) is 15.8 Å². The van der Waals surface area contributed by atoms with Crippen molar-refractivity contribution in [1.82, 2.24) is 9.99 Å². The summed E-state index contributed by atoms with van der Waals surface area (Å²) in [5.41, 5.74) is 10.3. The van der Waals surface area contributed by atoms with Gasteiger partial charge in [-0.3, -0.25) is 9.59 Å². The number of hydrogen-bond acceptors (Lipinski definition) is 4. The van der Waals surface area contributed by atoms with Crippen LogP contribution in [0.5, 0.6) is 0 Å². The molecule has 3 aromatic rings. The zero-order valence-corrected chi connectivity index (χ0v) is 15.8. The van der Waals surface area contributed by atoms with Crippen LogP contribution >= 0.6 is 11.6 Å². The summed E-state index contributed by atoms with van der Waals surface area (Å²) in [6.07, 6.45) is 3.72. The lowest BCUT2D eigenvalue weighted by molar-refractivity contribution is -0.119. The van der Waals surface area contributed by atoms with E-state index in [9.17, 15) is 9.59 Å². The molecule has 7 nitrogen and oxygen atoms in total. The number of carbonyl (C=O) groups excluding carboxylic acids is 2. The highest BCUT2D eigenvalue weighted by molar-refractivity contribution is 6.30. The summed E-state index contributed by atoms with van der Waals surface area (Å²) in [6, 6.07) is 14.8. The monoisotopic (exact) mass is 397 g/mol. The Morgan fingerprint density at radius 1 is 1.14 bits per heavy atom. The molecule has 0 spiro atoms. The molecule has 0 aliphatic heterocycles. The molecule has 0 unspecified atom stereocenters. The van der Waals surface area contributed by atoms with Crippen molar-refractivity contribution in [3.63, 3.8) is 0 Å². The van der Waals surface area contributed by atoms with Crippen LogP contribution < -0.4 is 16.5 Å². The minimum absolute atomic E-state index is 0.0827. The number of para-hydroxylation sites is 1. The number of hydrogen-bond donors (Lipinski definition) is 3. The molecule has 3 rings (SSSR count). The summed E-state index contributed by atoms with van der Waals surface area (Å²) < 4.78 is 1.95. The van der Waals surface area contributed by atoms with Crippen LogP contribution in [0.1, 0.15) is 12.0 Å². The third kappa shape index (κ3) is 5.11. The molecule has 0 atom stereocenters. The van der Waals surface area contributed by atoms with Crippen molar-refractivity contribution < 1.29 is 9.59 Å². The maximum absolute atomic E-state index is 11.9. The minimum atomic E-state index is -0.353. The van der Waals surface area contributed by atoms with Crippen molar-refractivity contribution in [3.8, 4) is 0 Å². The number of aryl methyl sites for hydroxylation is 1. The number of primary amides is 1. The zero-order valence-electron chi connectivity index (χ0n) is 15.1. The second-order valence-electron chi connectivity index (χ2n) is 6.16. The highest BCUT2D eigenvalue weighted by Gasteiger charge is 2.07. The van der Waals surface area contributed by atoms with Gasteiger partial charge >= 0.3 is 0 Å². The molecular formula is C20H20ClN5O2. The van der Waals surface area contributed by atoms with E-state index in [4.69, 9.17) is 17.3 Å². The number of fused-ring (bicyclic) bond motifs is 1. The average Bonchev–Trinajstić information content (AvgIpc) is 3.04. The van der Waals surface area contributed by atoms with E-state index >= 15 is 0 Å². The van der Waals surface area contributed by atoms with Crippen LogP contribution in [0.3, 0.4) is 0 Å². The summed E-state index contributed by atoms with van der Waals surface area (Å²) in [7, 11) is 0. The Balaban J connectivity index is 1.61. The first-order valence-electron chi connectivity index (χ1n) is 8.70. The van der Waals surface area contributed by atoms with Gasteiger partial charge in [-0.2, -0.15) is 5.10 Å². The summed E-state index contributed by atoms with van der Waals surface area (Å²) in [5.74, 6) is -0.628. The summed E-state index contributed by atoms with van der Waals surface area (Å²) in [5, 5.41) is 8.63. The molecule has 144 valence electrons. The largest absolute Gasteiger partial charge is 0.376 e. The van der Waals surface area contributed by atoms with Gasteiger partial charge in [0.2, 0.25) is 5.91 Å². The lowest BCUT2D eigenvalue weighted by atomic mass is 10.2. The molecule has 1 aromatic heterocycles. The fourth-order valence-electron chi connectivity index (χ4n) is 2.76. The Morgan fingerprint density at radius 2 is 1.89 bits per heavy atom. The Hall–Kier alpha value is -3.32. The SMILES string of the molecule is NC(=O)CCn1cc(/C=N\NC(=O)CNc2ccc(Cl)cc2)c2ccccc21. The van der Waals surface area contributed by atoms with E-state index in [0.717, 1.165) is 22.2 Å². The molecule has 2 aromatic carbocycles. The molecule has 0 radical (unpaired) electrons. The fourth-order valence-corrected chi connectivity index (χ4v) is 2.88. The van der Waals surface area contributed by atoms with Gasteiger partial charge < -0.3 is 15.6 Å². The van der Waals surface area contributed by atoms with Gasteiger partial charge in [-0.25, -0.2) is 5.43 Å². The van der Waals surface area contributed by atoms with Crippen LogP contribution in [-0.4, -0.2) is 29.1 Å². The predicted octanol–water partition coefficient (Wildman–Crippen LogP) is 2.73. The number of aromatic nitrogens is 1. The number of nitrogens with one attached hydrogen (secondary N) is 2. The molecule has 0 fully saturated rings. The van der Waals surface area contributed by atoms with Crippen molar-refractivity contribution in [2.45, 2.75) is 13.0 Å². The third-order valence-electron chi connectivity index (χ3n) is 4.11. The lowest BCUT2D eigenvalue weighted by Gasteiger charge is -2.04. The zero-order chi connectivity index (χ0) is 19.9. The molecule has 4 N–H and O–H groups in total. The minimum Gasteiger partial charge on any atom is -0.376 e. The second kappa shape index (κ2) is 9.05. The summed E-state index contributed by atoms with van der Waals surface area (Å²) in [6.45, 7) is 0.570. The first kappa shape index (κ1) is 19.4. The lowest BCUT2D eigenvalue weighted by Crippen LogP contribution is -2.25. The van der Waals surface area contributed by atoms with Crippen molar-refractivity contribution in [3.05, 3.63) is 65.3 Å². The van der Waals surface area contributed by atoms with Gasteiger partial charge in [0.15, 0.2) is 0 Å². The standard InChI is InChI=1S/C20H20ClN5O2/c21-15-5-7-16(8-6-15)23-12-20(28)25-24-11-14-13-26(10-9-19(22)27)18-4-2-1-3-17(14)18/h1-8,11,13,23H,9-10,12H2,(H2,22,27)(H,25,28)/b24-11-. The number of amides is 2. The van der Waals surface area contributed by atoms with Gasteiger partial charge in [-0.15, -0.1) is 0 Å². The van der Waals surface area contributed by atoms with E-state index in [-0.39, 0.29) is 24.8 Å². The Morgan fingerprint density at radius 3 is 2.64 bits per heavy atom. The van der Waals surface area contributed by atoms with Crippen LogP contribution in [0.25, 0.3) is 10.9 Å². The number of carbonyl (C=O) groups is 2. The molecule has 8 heteroatoms. The van der Waals surface area contributed by atoms with Crippen LogP contribution in [-0.2, 0) is 16.1 Å². The number of rotatable bonds is 8. The van der Waals surface area contributed by atoms with Gasteiger partial charge in [0, 0.05) is 46.3 Å². The fraction of sp³-hybridized carbons (Fsp3) is 0.150.